The third kappa shape index (κ3) is 4.77. The predicted octanol–water partition coefficient (Wildman–Crippen LogP) is 2.89. The Morgan fingerprint density at radius 1 is 1.12 bits per heavy atom. The number of unbranched alkanes of at least 4 members (excludes halogenated alkanes) is 2. The number of nitrogens with two attached hydrogens (primary N) is 1. The first-order valence-corrected chi connectivity index (χ1v) is 6.23. The molecule has 0 bridgehead atoms. The van der Waals surface area contributed by atoms with Crippen LogP contribution >= 0.6 is 0 Å². The first-order valence-electron chi connectivity index (χ1n) is 6.23. The van der Waals surface area contributed by atoms with E-state index in [-0.39, 0.29) is 0 Å². The molecule has 0 saturated heterocycles. The second-order valence-corrected chi connectivity index (χ2v) is 4.07. The van der Waals surface area contributed by atoms with Crippen molar-refractivity contribution in [1.82, 2.24) is 0 Å². The molecule has 1 rings (SSSR count). The third-order valence-electron chi connectivity index (χ3n) is 2.68. The van der Waals surface area contributed by atoms with Crippen LogP contribution in [0.3, 0.4) is 0 Å². The molecule has 90 valence electrons. The summed E-state index contributed by atoms with van der Waals surface area (Å²) < 4.78 is 5.67. The van der Waals surface area contributed by atoms with Crippen LogP contribution in [0.25, 0.3) is 0 Å². The lowest BCUT2D eigenvalue weighted by molar-refractivity contribution is 0.116. The minimum atomic E-state index is 0.701. The molecule has 2 nitrogen and oxygen atoms in total. The van der Waals surface area contributed by atoms with Crippen molar-refractivity contribution in [2.45, 2.75) is 39.2 Å². The molecule has 0 aliphatic rings. The SMILES string of the molecule is CCCCCOCc1ccccc1CCN. The Morgan fingerprint density at radius 2 is 1.88 bits per heavy atom. The van der Waals surface area contributed by atoms with E-state index in [2.05, 4.69) is 31.2 Å². The summed E-state index contributed by atoms with van der Waals surface area (Å²) in [6.45, 7) is 4.49. The maximum atomic E-state index is 5.67. The number of benzene rings is 1. The summed E-state index contributed by atoms with van der Waals surface area (Å²) in [4.78, 5) is 0. The van der Waals surface area contributed by atoms with Crippen molar-refractivity contribution < 1.29 is 4.74 Å². The highest BCUT2D eigenvalue weighted by molar-refractivity contribution is 5.26. The van der Waals surface area contributed by atoms with E-state index < -0.39 is 0 Å². The molecule has 0 saturated carbocycles. The van der Waals surface area contributed by atoms with Gasteiger partial charge in [-0.15, -0.1) is 0 Å². The lowest BCUT2D eigenvalue weighted by atomic mass is 10.1. The summed E-state index contributed by atoms with van der Waals surface area (Å²) in [5, 5.41) is 0. The van der Waals surface area contributed by atoms with Crippen LogP contribution in [-0.4, -0.2) is 13.2 Å². The van der Waals surface area contributed by atoms with Gasteiger partial charge in [-0.25, -0.2) is 0 Å². The number of rotatable bonds is 8. The molecule has 1 aromatic carbocycles. The minimum absolute atomic E-state index is 0.701. The molecule has 0 heterocycles. The van der Waals surface area contributed by atoms with Crippen LogP contribution in [-0.2, 0) is 17.8 Å². The van der Waals surface area contributed by atoms with Gasteiger partial charge in [-0.05, 0) is 30.5 Å². The summed E-state index contributed by atoms with van der Waals surface area (Å²) >= 11 is 0. The van der Waals surface area contributed by atoms with Crippen LogP contribution in [0.1, 0.15) is 37.3 Å². The van der Waals surface area contributed by atoms with Crippen LogP contribution in [0.4, 0.5) is 0 Å². The molecule has 0 aliphatic carbocycles. The van der Waals surface area contributed by atoms with E-state index in [4.69, 9.17) is 10.5 Å². The quantitative estimate of drug-likeness (QED) is 0.685. The first kappa shape index (κ1) is 13.2. The normalized spacial score (nSPS) is 10.6. The van der Waals surface area contributed by atoms with E-state index in [1.165, 1.54) is 24.0 Å². The topological polar surface area (TPSA) is 35.2 Å². The lowest BCUT2D eigenvalue weighted by Gasteiger charge is -2.09. The molecule has 0 unspecified atom stereocenters. The summed E-state index contributed by atoms with van der Waals surface area (Å²) in [6.07, 6.45) is 4.60. The van der Waals surface area contributed by atoms with Crippen molar-refractivity contribution in [3.63, 3.8) is 0 Å². The number of ether oxygens (including phenoxy) is 1. The average molecular weight is 221 g/mol. The number of hydrogen-bond donors (Lipinski definition) is 1. The maximum Gasteiger partial charge on any atom is 0.0719 e. The maximum absolute atomic E-state index is 5.67. The summed E-state index contributed by atoms with van der Waals surface area (Å²) in [5.74, 6) is 0. The van der Waals surface area contributed by atoms with E-state index in [1.54, 1.807) is 0 Å². The van der Waals surface area contributed by atoms with E-state index in [9.17, 15) is 0 Å². The Labute approximate surface area is 98.8 Å². The summed E-state index contributed by atoms with van der Waals surface area (Å²) in [6, 6.07) is 8.39. The molecule has 0 atom stereocenters. The third-order valence-corrected chi connectivity index (χ3v) is 2.68. The fraction of sp³-hybridized carbons (Fsp3) is 0.571. The molecule has 16 heavy (non-hydrogen) atoms. The molecule has 0 spiro atoms. The molecule has 0 amide bonds. The van der Waals surface area contributed by atoms with Gasteiger partial charge in [-0.2, -0.15) is 0 Å². The van der Waals surface area contributed by atoms with Gasteiger partial charge in [-0.3, -0.25) is 0 Å². The van der Waals surface area contributed by atoms with E-state index in [1.807, 2.05) is 0 Å². The lowest BCUT2D eigenvalue weighted by Crippen LogP contribution is -2.06. The predicted molar refractivity (Wildman–Crippen MR) is 68.4 cm³/mol. The molecule has 1 aromatic rings. The van der Waals surface area contributed by atoms with Crippen LogP contribution < -0.4 is 5.73 Å². The van der Waals surface area contributed by atoms with Crippen molar-refractivity contribution in [2.75, 3.05) is 13.2 Å². The van der Waals surface area contributed by atoms with Gasteiger partial charge in [0.2, 0.25) is 0 Å². The molecule has 2 N–H and O–H groups in total. The smallest absolute Gasteiger partial charge is 0.0719 e. The minimum Gasteiger partial charge on any atom is -0.377 e. The highest BCUT2D eigenvalue weighted by Crippen LogP contribution is 2.10. The molecule has 2 heteroatoms. The largest absolute Gasteiger partial charge is 0.377 e. The molecular formula is C14H23NO. The van der Waals surface area contributed by atoms with Gasteiger partial charge in [-0.1, -0.05) is 44.0 Å². The Bertz CT molecular complexity index is 286. The second-order valence-electron chi connectivity index (χ2n) is 4.07. The first-order chi connectivity index (χ1) is 7.88. The summed E-state index contributed by atoms with van der Waals surface area (Å²) in [7, 11) is 0. The molecular weight excluding hydrogens is 198 g/mol. The van der Waals surface area contributed by atoms with Crippen LogP contribution in [0.2, 0.25) is 0 Å². The van der Waals surface area contributed by atoms with Crippen molar-refractivity contribution in [3.8, 4) is 0 Å². The van der Waals surface area contributed by atoms with Gasteiger partial charge < -0.3 is 10.5 Å². The number of hydrogen-bond acceptors (Lipinski definition) is 2. The van der Waals surface area contributed by atoms with E-state index in [0.29, 0.717) is 6.54 Å². The van der Waals surface area contributed by atoms with Gasteiger partial charge in [0.1, 0.15) is 0 Å². The highest BCUT2D eigenvalue weighted by atomic mass is 16.5. The van der Waals surface area contributed by atoms with Crippen LogP contribution in [0.5, 0.6) is 0 Å². The zero-order valence-corrected chi connectivity index (χ0v) is 10.2. The van der Waals surface area contributed by atoms with E-state index in [0.717, 1.165) is 26.1 Å². The Balaban J connectivity index is 2.34. The van der Waals surface area contributed by atoms with Gasteiger partial charge in [0, 0.05) is 6.61 Å². The molecule has 0 aliphatic heterocycles. The highest BCUT2D eigenvalue weighted by Gasteiger charge is 2.00. The van der Waals surface area contributed by atoms with Gasteiger partial charge in [0.05, 0.1) is 6.61 Å². The van der Waals surface area contributed by atoms with Crippen molar-refractivity contribution in [3.05, 3.63) is 35.4 Å². The van der Waals surface area contributed by atoms with Gasteiger partial charge in [0.15, 0.2) is 0 Å². The average Bonchev–Trinajstić information content (AvgIpc) is 2.31. The van der Waals surface area contributed by atoms with Gasteiger partial charge >= 0.3 is 0 Å². The zero-order chi connectivity index (χ0) is 11.6. The van der Waals surface area contributed by atoms with Crippen LogP contribution in [0, 0.1) is 0 Å². The van der Waals surface area contributed by atoms with E-state index >= 15 is 0 Å². The monoisotopic (exact) mass is 221 g/mol. The Kier molecular flexibility index (Phi) is 6.86. The van der Waals surface area contributed by atoms with Crippen molar-refractivity contribution in [1.29, 1.82) is 0 Å². The Morgan fingerprint density at radius 3 is 2.56 bits per heavy atom. The summed E-state index contributed by atoms with van der Waals surface area (Å²) in [5.41, 5.74) is 8.18. The molecule has 0 radical (unpaired) electrons. The van der Waals surface area contributed by atoms with Crippen molar-refractivity contribution >= 4 is 0 Å². The molecule has 0 fully saturated rings. The molecule has 0 aromatic heterocycles. The Hall–Kier alpha value is -0.860. The fourth-order valence-corrected chi connectivity index (χ4v) is 1.73. The second kappa shape index (κ2) is 8.31. The fourth-order valence-electron chi connectivity index (χ4n) is 1.73. The zero-order valence-electron chi connectivity index (χ0n) is 10.2. The van der Waals surface area contributed by atoms with Crippen molar-refractivity contribution in [2.24, 2.45) is 5.73 Å². The van der Waals surface area contributed by atoms with Gasteiger partial charge in [0.25, 0.3) is 0 Å². The van der Waals surface area contributed by atoms with Crippen LogP contribution in [0.15, 0.2) is 24.3 Å². The standard InChI is InChI=1S/C14H23NO/c1-2-3-6-11-16-12-14-8-5-4-7-13(14)9-10-15/h4-5,7-8H,2-3,6,9-12,15H2,1H3.